The molecule has 1 aliphatic rings. The summed E-state index contributed by atoms with van der Waals surface area (Å²) in [7, 11) is 1.76. The van der Waals surface area contributed by atoms with E-state index in [9.17, 15) is 4.79 Å². The first-order valence-electron chi connectivity index (χ1n) is 8.97. The third-order valence-electron chi connectivity index (χ3n) is 4.33. The lowest BCUT2D eigenvalue weighted by Crippen LogP contribution is -2.23. The van der Waals surface area contributed by atoms with Crippen LogP contribution >= 0.6 is 22.9 Å². The van der Waals surface area contributed by atoms with Crippen molar-refractivity contribution < 1.29 is 14.3 Å². The molecule has 2 heterocycles. The summed E-state index contributed by atoms with van der Waals surface area (Å²) in [5.41, 5.74) is 1.75. The number of benzene rings is 2. The van der Waals surface area contributed by atoms with Crippen LogP contribution in [0.2, 0.25) is 5.02 Å². The number of halogens is 1. The summed E-state index contributed by atoms with van der Waals surface area (Å²) in [6.07, 6.45) is 4.08. The van der Waals surface area contributed by atoms with Gasteiger partial charge in [0.05, 0.1) is 35.0 Å². The number of carbonyl (C=O) groups excluding carboxylic acids is 1. The van der Waals surface area contributed by atoms with Gasteiger partial charge in [0.2, 0.25) is 5.91 Å². The largest absolute Gasteiger partial charge is 0.489 e. The predicted molar refractivity (Wildman–Crippen MR) is 112 cm³/mol. The molecule has 0 atom stereocenters. The van der Waals surface area contributed by atoms with Gasteiger partial charge in [-0.25, -0.2) is 4.98 Å². The highest BCUT2D eigenvalue weighted by Crippen LogP contribution is 2.38. The lowest BCUT2D eigenvalue weighted by Gasteiger charge is -2.13. The van der Waals surface area contributed by atoms with Crippen LogP contribution in [-0.2, 0) is 11.3 Å². The summed E-state index contributed by atoms with van der Waals surface area (Å²) in [4.78, 5) is 18.7. The van der Waals surface area contributed by atoms with Crippen LogP contribution in [0.3, 0.4) is 0 Å². The van der Waals surface area contributed by atoms with Gasteiger partial charge in [0.15, 0.2) is 11.5 Å². The average Bonchev–Trinajstić information content (AvgIpc) is 2.93. The molecule has 1 aromatic heterocycles. The van der Waals surface area contributed by atoms with Crippen LogP contribution in [0.1, 0.15) is 17.0 Å². The average molecular weight is 415 g/mol. The quantitative estimate of drug-likeness (QED) is 0.576. The second-order valence-electron chi connectivity index (χ2n) is 6.48. The number of likely N-dealkylation sites (N-methyl/N-ethyl adjacent to an activating group) is 1. The molecular formula is C21H19ClN2O3S. The van der Waals surface area contributed by atoms with Crippen molar-refractivity contribution in [2.45, 2.75) is 13.0 Å². The van der Waals surface area contributed by atoms with E-state index in [2.05, 4.69) is 4.98 Å². The Morgan fingerprint density at radius 3 is 2.96 bits per heavy atom. The van der Waals surface area contributed by atoms with E-state index < -0.39 is 0 Å². The first-order chi connectivity index (χ1) is 13.6. The molecule has 0 fully saturated rings. The molecular weight excluding hydrogens is 396 g/mol. The molecule has 4 rings (SSSR count). The Balaban J connectivity index is 1.45. The number of rotatable bonds is 4. The molecule has 2 aromatic carbocycles. The van der Waals surface area contributed by atoms with Crippen molar-refractivity contribution in [3.05, 3.63) is 58.1 Å². The predicted octanol–water partition coefficient (Wildman–Crippen LogP) is 4.78. The zero-order valence-electron chi connectivity index (χ0n) is 15.4. The maximum absolute atomic E-state index is 12.5. The Hall–Kier alpha value is -2.57. The first-order valence-corrected chi connectivity index (χ1v) is 10.2. The fraction of sp³-hybridized carbons (Fsp3) is 0.238. The lowest BCUT2D eigenvalue weighted by atomic mass is 10.2. The minimum absolute atomic E-state index is 0.109. The number of hydrogen-bond acceptors (Lipinski definition) is 5. The molecule has 0 N–H and O–H groups in total. The Labute approximate surface area is 172 Å². The number of carbonyl (C=O) groups is 1. The fourth-order valence-electron chi connectivity index (χ4n) is 2.91. The number of amides is 1. The normalized spacial score (nSPS) is 13.6. The van der Waals surface area contributed by atoms with E-state index in [0.29, 0.717) is 36.3 Å². The summed E-state index contributed by atoms with van der Waals surface area (Å²) in [5.74, 6) is 1.07. The number of thiazole rings is 1. The van der Waals surface area contributed by atoms with Gasteiger partial charge in [-0.2, -0.15) is 0 Å². The number of fused-ring (bicyclic) bond motifs is 2. The van der Waals surface area contributed by atoms with Crippen molar-refractivity contribution in [3.8, 4) is 11.5 Å². The maximum Gasteiger partial charge on any atom is 0.246 e. The van der Waals surface area contributed by atoms with Crippen LogP contribution in [0.25, 0.3) is 16.3 Å². The van der Waals surface area contributed by atoms with Crippen molar-refractivity contribution in [3.63, 3.8) is 0 Å². The molecule has 0 aliphatic carbocycles. The van der Waals surface area contributed by atoms with Gasteiger partial charge in [0.1, 0.15) is 5.01 Å². The molecule has 28 heavy (non-hydrogen) atoms. The second-order valence-corrected chi connectivity index (χ2v) is 8.01. The van der Waals surface area contributed by atoms with Gasteiger partial charge in [0, 0.05) is 19.5 Å². The second kappa shape index (κ2) is 8.20. The smallest absolute Gasteiger partial charge is 0.246 e. The van der Waals surface area contributed by atoms with Crippen molar-refractivity contribution in [1.82, 2.24) is 9.88 Å². The van der Waals surface area contributed by atoms with E-state index in [4.69, 9.17) is 21.1 Å². The summed E-state index contributed by atoms with van der Waals surface area (Å²) < 4.78 is 12.4. The molecule has 0 saturated carbocycles. The van der Waals surface area contributed by atoms with Gasteiger partial charge in [0.25, 0.3) is 0 Å². The summed E-state index contributed by atoms with van der Waals surface area (Å²) in [5, 5.41) is 1.39. The number of aromatic nitrogens is 1. The summed E-state index contributed by atoms with van der Waals surface area (Å²) in [6, 6.07) is 11.6. The molecule has 7 heteroatoms. The van der Waals surface area contributed by atoms with Crippen molar-refractivity contribution in [2.75, 3.05) is 20.3 Å². The molecule has 0 saturated heterocycles. The lowest BCUT2D eigenvalue weighted by molar-refractivity contribution is -0.125. The van der Waals surface area contributed by atoms with Crippen molar-refractivity contribution in [1.29, 1.82) is 0 Å². The van der Waals surface area contributed by atoms with E-state index >= 15 is 0 Å². The number of ether oxygens (including phenoxy) is 2. The fourth-order valence-corrected chi connectivity index (χ4v) is 4.20. The maximum atomic E-state index is 12.5. The number of hydrogen-bond donors (Lipinski definition) is 0. The third-order valence-corrected chi connectivity index (χ3v) is 5.63. The monoisotopic (exact) mass is 414 g/mol. The topological polar surface area (TPSA) is 51.7 Å². The van der Waals surface area contributed by atoms with Gasteiger partial charge in [-0.3, -0.25) is 4.79 Å². The molecule has 1 aliphatic heterocycles. The Bertz CT molecular complexity index is 1010. The van der Waals surface area contributed by atoms with Gasteiger partial charge >= 0.3 is 0 Å². The SMILES string of the molecule is CN(Cc1nc2ccccc2s1)C(=O)/C=C/c1cc(Cl)c2c(c1)OCCCO2. The van der Waals surface area contributed by atoms with Crippen LogP contribution in [0.4, 0.5) is 0 Å². The van der Waals surface area contributed by atoms with E-state index in [0.717, 1.165) is 27.2 Å². The van der Waals surface area contributed by atoms with Crippen LogP contribution < -0.4 is 9.47 Å². The minimum atomic E-state index is -0.109. The molecule has 3 aromatic rings. The highest BCUT2D eigenvalue weighted by atomic mass is 35.5. The van der Waals surface area contributed by atoms with E-state index in [1.54, 1.807) is 35.4 Å². The summed E-state index contributed by atoms with van der Waals surface area (Å²) >= 11 is 7.90. The third kappa shape index (κ3) is 4.13. The molecule has 1 amide bonds. The van der Waals surface area contributed by atoms with E-state index in [1.165, 1.54) is 6.08 Å². The zero-order valence-corrected chi connectivity index (χ0v) is 16.9. The molecule has 0 unspecified atom stereocenters. The molecule has 5 nitrogen and oxygen atoms in total. The van der Waals surface area contributed by atoms with Crippen LogP contribution in [0.5, 0.6) is 11.5 Å². The first kappa shape index (κ1) is 18.8. The van der Waals surface area contributed by atoms with Gasteiger partial charge in [-0.15, -0.1) is 11.3 Å². The van der Waals surface area contributed by atoms with Crippen molar-refractivity contribution >= 4 is 45.1 Å². The molecule has 0 bridgehead atoms. The molecule has 0 radical (unpaired) electrons. The van der Waals surface area contributed by atoms with Gasteiger partial charge < -0.3 is 14.4 Å². The van der Waals surface area contributed by atoms with Gasteiger partial charge in [-0.05, 0) is 35.9 Å². The van der Waals surface area contributed by atoms with Crippen LogP contribution in [-0.4, -0.2) is 36.1 Å². The standard InChI is InChI=1S/C21H19ClN2O3S/c1-24(13-19-23-16-5-2-3-6-18(16)28-19)20(25)8-7-14-11-15(22)21-17(12-14)26-9-4-10-27-21/h2-3,5-8,11-12H,4,9-10,13H2,1H3/b8-7+. The summed E-state index contributed by atoms with van der Waals surface area (Å²) in [6.45, 7) is 1.63. The number of nitrogens with zero attached hydrogens (tertiary/aromatic N) is 2. The minimum Gasteiger partial charge on any atom is -0.489 e. The van der Waals surface area contributed by atoms with E-state index in [-0.39, 0.29) is 5.91 Å². The molecule has 0 spiro atoms. The Morgan fingerprint density at radius 2 is 2.11 bits per heavy atom. The zero-order chi connectivity index (χ0) is 19.5. The highest BCUT2D eigenvalue weighted by molar-refractivity contribution is 7.18. The Morgan fingerprint density at radius 1 is 1.29 bits per heavy atom. The van der Waals surface area contributed by atoms with Crippen LogP contribution in [0, 0.1) is 0 Å². The molecule has 144 valence electrons. The Kier molecular flexibility index (Phi) is 5.50. The van der Waals surface area contributed by atoms with E-state index in [1.807, 2.05) is 30.3 Å². The van der Waals surface area contributed by atoms with Gasteiger partial charge in [-0.1, -0.05) is 23.7 Å². The number of para-hydroxylation sites is 1. The highest BCUT2D eigenvalue weighted by Gasteiger charge is 2.15. The van der Waals surface area contributed by atoms with Crippen molar-refractivity contribution in [2.24, 2.45) is 0 Å². The van der Waals surface area contributed by atoms with Crippen LogP contribution in [0.15, 0.2) is 42.5 Å².